The number of urea groups is 1. The van der Waals surface area contributed by atoms with Crippen molar-refractivity contribution in [2.24, 2.45) is 0 Å². The Bertz CT molecular complexity index is 1040. The summed E-state index contributed by atoms with van der Waals surface area (Å²) in [5.41, 5.74) is 2.46. The predicted molar refractivity (Wildman–Crippen MR) is 105 cm³/mol. The second kappa shape index (κ2) is 7.81. The van der Waals surface area contributed by atoms with Crippen molar-refractivity contribution < 1.29 is 18.3 Å². The SMILES string of the molecule is CS(=O)(=O)c1ccc(NC(=O)NC(CO)Cc2c[nH]c3ccccc23)cc1. The lowest BCUT2D eigenvalue weighted by atomic mass is 10.1. The molecule has 2 aromatic carbocycles. The van der Waals surface area contributed by atoms with Crippen molar-refractivity contribution in [2.75, 3.05) is 18.2 Å². The van der Waals surface area contributed by atoms with E-state index in [2.05, 4.69) is 15.6 Å². The van der Waals surface area contributed by atoms with E-state index in [0.717, 1.165) is 22.7 Å². The van der Waals surface area contributed by atoms with Gasteiger partial charge in [-0.3, -0.25) is 0 Å². The number of H-pyrrole nitrogens is 1. The Kier molecular flexibility index (Phi) is 5.48. The average Bonchev–Trinajstić information content (AvgIpc) is 3.04. The van der Waals surface area contributed by atoms with E-state index in [1.165, 1.54) is 24.3 Å². The fraction of sp³-hybridized carbons (Fsp3) is 0.211. The van der Waals surface area contributed by atoms with Crippen LogP contribution in [-0.4, -0.2) is 43.4 Å². The Morgan fingerprint density at radius 2 is 1.85 bits per heavy atom. The summed E-state index contributed by atoms with van der Waals surface area (Å²) >= 11 is 0. The summed E-state index contributed by atoms with van der Waals surface area (Å²) in [6, 6.07) is 12.8. The molecule has 0 aliphatic rings. The maximum Gasteiger partial charge on any atom is 0.319 e. The first kappa shape index (κ1) is 18.9. The molecule has 0 aliphatic carbocycles. The molecular weight excluding hydrogens is 366 g/mol. The van der Waals surface area contributed by atoms with Crippen LogP contribution in [0.2, 0.25) is 0 Å². The van der Waals surface area contributed by atoms with Crippen LogP contribution < -0.4 is 10.6 Å². The van der Waals surface area contributed by atoms with Crippen molar-refractivity contribution in [3.05, 3.63) is 60.3 Å². The average molecular weight is 387 g/mol. The fourth-order valence-corrected chi connectivity index (χ4v) is 3.50. The second-order valence-electron chi connectivity index (χ2n) is 6.34. The third-order valence-electron chi connectivity index (χ3n) is 4.24. The standard InChI is InChI=1S/C19H21N3O4S/c1-27(25,26)16-8-6-14(7-9-16)21-19(24)22-15(12-23)10-13-11-20-18-5-3-2-4-17(13)18/h2-9,11,15,20,23H,10,12H2,1H3,(H2,21,22,24). The highest BCUT2D eigenvalue weighted by Gasteiger charge is 2.15. The zero-order chi connectivity index (χ0) is 19.4. The van der Waals surface area contributed by atoms with Gasteiger partial charge in [-0.15, -0.1) is 0 Å². The van der Waals surface area contributed by atoms with Crippen LogP contribution in [0.5, 0.6) is 0 Å². The molecular formula is C19H21N3O4S. The van der Waals surface area contributed by atoms with Gasteiger partial charge in [0.05, 0.1) is 17.5 Å². The minimum Gasteiger partial charge on any atom is -0.394 e. The monoisotopic (exact) mass is 387 g/mol. The van der Waals surface area contributed by atoms with E-state index in [-0.39, 0.29) is 11.5 Å². The molecule has 0 bridgehead atoms. The maximum absolute atomic E-state index is 12.2. The van der Waals surface area contributed by atoms with Crippen LogP contribution >= 0.6 is 0 Å². The fourth-order valence-electron chi connectivity index (χ4n) is 2.87. The number of hydrogen-bond donors (Lipinski definition) is 4. The van der Waals surface area contributed by atoms with Gasteiger partial charge >= 0.3 is 6.03 Å². The number of aromatic nitrogens is 1. The topological polar surface area (TPSA) is 111 Å². The number of aromatic amines is 1. The van der Waals surface area contributed by atoms with Gasteiger partial charge in [0, 0.05) is 29.0 Å². The highest BCUT2D eigenvalue weighted by atomic mass is 32.2. The number of amides is 2. The second-order valence-corrected chi connectivity index (χ2v) is 8.35. The van der Waals surface area contributed by atoms with Gasteiger partial charge in [-0.05, 0) is 42.3 Å². The lowest BCUT2D eigenvalue weighted by molar-refractivity contribution is 0.224. The van der Waals surface area contributed by atoms with Crippen LogP contribution in [0.4, 0.5) is 10.5 Å². The van der Waals surface area contributed by atoms with Crippen molar-refractivity contribution >= 4 is 32.5 Å². The van der Waals surface area contributed by atoms with E-state index in [0.29, 0.717) is 12.1 Å². The van der Waals surface area contributed by atoms with E-state index in [4.69, 9.17) is 0 Å². The maximum atomic E-state index is 12.2. The third-order valence-corrected chi connectivity index (χ3v) is 5.37. The molecule has 8 heteroatoms. The first-order chi connectivity index (χ1) is 12.9. The van der Waals surface area contributed by atoms with Crippen LogP contribution in [0.3, 0.4) is 0 Å². The van der Waals surface area contributed by atoms with Gasteiger partial charge in [0.2, 0.25) is 0 Å². The zero-order valence-corrected chi connectivity index (χ0v) is 15.6. The van der Waals surface area contributed by atoms with Crippen LogP contribution in [0.25, 0.3) is 10.9 Å². The Hall–Kier alpha value is -2.84. The zero-order valence-electron chi connectivity index (χ0n) is 14.8. The van der Waals surface area contributed by atoms with Crippen molar-refractivity contribution in [3.63, 3.8) is 0 Å². The van der Waals surface area contributed by atoms with Gasteiger partial charge in [-0.1, -0.05) is 18.2 Å². The Morgan fingerprint density at radius 1 is 1.15 bits per heavy atom. The lowest BCUT2D eigenvalue weighted by Crippen LogP contribution is -2.41. The minimum absolute atomic E-state index is 0.182. The minimum atomic E-state index is -3.28. The molecule has 4 N–H and O–H groups in total. The number of carbonyl (C=O) groups is 1. The molecule has 2 amide bonds. The smallest absolute Gasteiger partial charge is 0.319 e. The van der Waals surface area contributed by atoms with E-state index < -0.39 is 21.9 Å². The molecule has 1 heterocycles. The number of rotatable bonds is 6. The van der Waals surface area contributed by atoms with Crippen molar-refractivity contribution in [1.82, 2.24) is 10.3 Å². The number of benzene rings is 2. The van der Waals surface area contributed by atoms with Crippen molar-refractivity contribution in [1.29, 1.82) is 0 Å². The molecule has 3 rings (SSSR count). The molecule has 3 aromatic rings. The first-order valence-electron chi connectivity index (χ1n) is 8.40. The van der Waals surface area contributed by atoms with E-state index in [9.17, 15) is 18.3 Å². The summed E-state index contributed by atoms with van der Waals surface area (Å²) in [5, 5.41) is 16.0. The number of aliphatic hydroxyl groups is 1. The molecule has 1 unspecified atom stereocenters. The quantitative estimate of drug-likeness (QED) is 0.520. The number of fused-ring (bicyclic) bond motifs is 1. The molecule has 27 heavy (non-hydrogen) atoms. The number of sulfone groups is 1. The van der Waals surface area contributed by atoms with Crippen molar-refractivity contribution in [3.8, 4) is 0 Å². The normalized spacial score (nSPS) is 12.7. The largest absolute Gasteiger partial charge is 0.394 e. The number of para-hydroxylation sites is 1. The number of nitrogens with one attached hydrogen (secondary N) is 3. The first-order valence-corrected chi connectivity index (χ1v) is 10.3. The summed E-state index contributed by atoms with van der Waals surface area (Å²) in [6.07, 6.45) is 3.47. The highest BCUT2D eigenvalue weighted by Crippen LogP contribution is 2.19. The Morgan fingerprint density at radius 3 is 2.52 bits per heavy atom. The molecule has 0 radical (unpaired) electrons. The molecule has 0 fully saturated rings. The van der Waals surface area contributed by atoms with E-state index in [1.54, 1.807) is 0 Å². The lowest BCUT2D eigenvalue weighted by Gasteiger charge is -2.16. The summed E-state index contributed by atoms with van der Waals surface area (Å²) < 4.78 is 22.9. The van der Waals surface area contributed by atoms with Gasteiger partial charge in [-0.2, -0.15) is 0 Å². The molecule has 0 saturated carbocycles. The summed E-state index contributed by atoms with van der Waals surface area (Å²) in [7, 11) is -3.28. The highest BCUT2D eigenvalue weighted by molar-refractivity contribution is 7.90. The number of anilines is 1. The predicted octanol–water partition coefficient (Wildman–Crippen LogP) is 2.30. The summed E-state index contributed by atoms with van der Waals surface area (Å²) in [6.45, 7) is -0.208. The van der Waals surface area contributed by atoms with Gasteiger partial charge in [-0.25, -0.2) is 13.2 Å². The Balaban J connectivity index is 1.63. The van der Waals surface area contributed by atoms with E-state index in [1.807, 2.05) is 30.5 Å². The van der Waals surface area contributed by atoms with Crippen LogP contribution in [0.1, 0.15) is 5.56 Å². The number of hydrogen-bond acceptors (Lipinski definition) is 4. The number of carbonyl (C=O) groups excluding carboxylic acids is 1. The number of aliphatic hydroxyl groups excluding tert-OH is 1. The molecule has 1 aromatic heterocycles. The Labute approximate surface area is 157 Å². The molecule has 0 aliphatic heterocycles. The molecule has 0 saturated heterocycles. The molecule has 1 atom stereocenters. The molecule has 142 valence electrons. The van der Waals surface area contributed by atoms with Crippen LogP contribution in [0.15, 0.2) is 59.6 Å². The van der Waals surface area contributed by atoms with Crippen molar-refractivity contribution in [2.45, 2.75) is 17.4 Å². The third kappa shape index (κ3) is 4.66. The van der Waals surface area contributed by atoms with Gasteiger partial charge in [0.15, 0.2) is 9.84 Å². The van der Waals surface area contributed by atoms with Crippen LogP contribution in [-0.2, 0) is 16.3 Å². The molecule has 7 nitrogen and oxygen atoms in total. The van der Waals surface area contributed by atoms with Gasteiger partial charge in [0.1, 0.15) is 0 Å². The van der Waals surface area contributed by atoms with Gasteiger partial charge < -0.3 is 20.7 Å². The van der Waals surface area contributed by atoms with Crippen LogP contribution in [0, 0.1) is 0 Å². The van der Waals surface area contributed by atoms with Gasteiger partial charge in [0.25, 0.3) is 0 Å². The summed E-state index contributed by atoms with van der Waals surface area (Å²) in [5.74, 6) is 0. The summed E-state index contributed by atoms with van der Waals surface area (Å²) in [4.78, 5) is 15.5. The van der Waals surface area contributed by atoms with E-state index >= 15 is 0 Å². The molecule has 0 spiro atoms.